The fraction of sp³-hybridized carbons (Fsp3) is 0.438. The van der Waals surface area contributed by atoms with Crippen molar-refractivity contribution in [3.8, 4) is 0 Å². The van der Waals surface area contributed by atoms with E-state index in [-0.39, 0.29) is 17.3 Å². The molecule has 1 aromatic heterocycles. The maximum absolute atomic E-state index is 10.8. The van der Waals surface area contributed by atoms with E-state index in [2.05, 4.69) is 31.1 Å². The van der Waals surface area contributed by atoms with Crippen LogP contribution in [0.5, 0.6) is 0 Å². The maximum Gasteiger partial charge on any atom is 0.381 e. The largest absolute Gasteiger partial charge is 0.381 e. The lowest BCUT2D eigenvalue weighted by atomic mass is 9.96. The minimum atomic E-state index is -0.471. The smallest absolute Gasteiger partial charge is 0.358 e. The Labute approximate surface area is 130 Å². The average Bonchev–Trinajstić information content (AvgIpc) is 2.93. The van der Waals surface area contributed by atoms with E-state index in [4.69, 9.17) is 0 Å². The summed E-state index contributed by atoms with van der Waals surface area (Å²) in [6.45, 7) is 8.06. The molecule has 22 heavy (non-hydrogen) atoms. The molecule has 0 aliphatic heterocycles. The summed E-state index contributed by atoms with van der Waals surface area (Å²) in [4.78, 5) is 14.2. The predicted octanol–water partition coefficient (Wildman–Crippen LogP) is 3.02. The van der Waals surface area contributed by atoms with Gasteiger partial charge in [0.15, 0.2) is 0 Å². The van der Waals surface area contributed by atoms with Crippen molar-refractivity contribution in [2.75, 3.05) is 13.1 Å². The Bertz CT molecular complexity index is 617. The van der Waals surface area contributed by atoms with Gasteiger partial charge in [0.25, 0.3) is 0 Å². The highest BCUT2D eigenvalue weighted by Gasteiger charge is 2.19. The normalized spacial score (nSPS) is 13.0. The highest BCUT2D eigenvalue weighted by Crippen LogP contribution is 2.20. The molecular weight excluding hydrogens is 280 g/mol. The molecule has 6 nitrogen and oxygen atoms in total. The van der Waals surface area contributed by atoms with Gasteiger partial charge in [-0.1, -0.05) is 51.1 Å². The number of nitrogens with zero attached hydrogens (tertiary/aromatic N) is 3. The Morgan fingerprint density at radius 1 is 1.32 bits per heavy atom. The van der Waals surface area contributed by atoms with Gasteiger partial charge in [-0.05, 0) is 20.9 Å². The lowest BCUT2D eigenvalue weighted by Gasteiger charge is -2.23. The maximum atomic E-state index is 10.8. The third-order valence-electron chi connectivity index (χ3n) is 3.31. The van der Waals surface area contributed by atoms with Crippen molar-refractivity contribution >= 4 is 5.82 Å². The topological polar surface area (TPSA) is 73.0 Å². The number of hydrogen-bond acceptors (Lipinski definition) is 4. The van der Waals surface area contributed by atoms with E-state index in [9.17, 15) is 10.1 Å². The van der Waals surface area contributed by atoms with Crippen molar-refractivity contribution in [3.05, 3.63) is 58.5 Å². The number of nitro groups is 1. The minimum Gasteiger partial charge on any atom is -0.358 e. The molecule has 118 valence electrons. The zero-order valence-corrected chi connectivity index (χ0v) is 13.2. The zero-order chi connectivity index (χ0) is 16.2. The Balaban J connectivity index is 2.19. The first-order valence-electron chi connectivity index (χ1n) is 7.30. The van der Waals surface area contributed by atoms with Crippen molar-refractivity contribution in [1.82, 2.24) is 14.9 Å². The third-order valence-corrected chi connectivity index (χ3v) is 3.31. The van der Waals surface area contributed by atoms with Crippen LogP contribution in [0.4, 0.5) is 5.82 Å². The van der Waals surface area contributed by atoms with Crippen LogP contribution >= 0.6 is 0 Å². The first-order chi connectivity index (χ1) is 10.4. The van der Waals surface area contributed by atoms with Crippen LogP contribution in [0.3, 0.4) is 0 Å². The van der Waals surface area contributed by atoms with Gasteiger partial charge in [0.2, 0.25) is 6.33 Å². The van der Waals surface area contributed by atoms with E-state index in [1.54, 1.807) is 4.57 Å². The summed E-state index contributed by atoms with van der Waals surface area (Å²) in [5.41, 5.74) is 1.28. The summed E-state index contributed by atoms with van der Waals surface area (Å²) in [6.07, 6.45) is 3.00. The number of imidazole rings is 1. The monoisotopic (exact) mass is 302 g/mol. The Morgan fingerprint density at radius 2 is 2.00 bits per heavy atom. The molecule has 1 heterocycles. The van der Waals surface area contributed by atoms with E-state index in [0.29, 0.717) is 6.54 Å². The van der Waals surface area contributed by atoms with Crippen LogP contribution < -0.4 is 5.32 Å². The number of aromatic nitrogens is 2. The number of nitrogens with one attached hydrogen (secondary N) is 1. The van der Waals surface area contributed by atoms with E-state index in [0.717, 1.165) is 12.1 Å². The molecule has 0 spiro atoms. The van der Waals surface area contributed by atoms with Gasteiger partial charge in [-0.25, -0.2) is 0 Å². The summed E-state index contributed by atoms with van der Waals surface area (Å²) < 4.78 is 1.79. The molecule has 1 aromatic carbocycles. The van der Waals surface area contributed by atoms with E-state index >= 15 is 0 Å². The molecule has 1 N–H and O–H groups in total. The molecule has 0 bridgehead atoms. The summed E-state index contributed by atoms with van der Waals surface area (Å²) in [7, 11) is 0. The van der Waals surface area contributed by atoms with Gasteiger partial charge in [0.05, 0.1) is 6.04 Å². The van der Waals surface area contributed by atoms with Crippen molar-refractivity contribution in [2.24, 2.45) is 5.41 Å². The standard InChI is InChI=1S/C16H22N4O2/c1-16(2,3)11-17-9-14(13-7-5-4-6-8-13)19-10-15(18-12-19)20(21)22/h4-8,10,12,14,17H,9,11H2,1-3H3. The molecule has 0 fully saturated rings. The van der Waals surface area contributed by atoms with Gasteiger partial charge < -0.3 is 20.0 Å². The van der Waals surface area contributed by atoms with Gasteiger partial charge in [-0.15, -0.1) is 0 Å². The second-order valence-corrected chi connectivity index (χ2v) is 6.55. The zero-order valence-electron chi connectivity index (χ0n) is 13.2. The molecule has 1 atom stereocenters. The summed E-state index contributed by atoms with van der Waals surface area (Å²) in [6, 6.07) is 9.92. The highest BCUT2D eigenvalue weighted by atomic mass is 16.6. The molecule has 6 heteroatoms. The van der Waals surface area contributed by atoms with Crippen LogP contribution in [0.1, 0.15) is 32.4 Å². The number of benzene rings is 1. The first kappa shape index (κ1) is 16.2. The fourth-order valence-electron chi connectivity index (χ4n) is 2.25. The van der Waals surface area contributed by atoms with Crippen LogP contribution in [0, 0.1) is 15.5 Å². The first-order valence-corrected chi connectivity index (χ1v) is 7.30. The summed E-state index contributed by atoms with van der Waals surface area (Å²) in [5, 5.41) is 14.3. The SMILES string of the molecule is CC(C)(C)CNCC(c1ccccc1)n1cnc([N+](=O)[O-])c1. The molecule has 0 aliphatic rings. The Morgan fingerprint density at radius 3 is 2.55 bits per heavy atom. The molecule has 2 rings (SSSR count). The molecular formula is C16H22N4O2. The minimum absolute atomic E-state index is 0.0234. The van der Waals surface area contributed by atoms with Crippen LogP contribution in [-0.4, -0.2) is 27.6 Å². The van der Waals surface area contributed by atoms with E-state index in [1.807, 2.05) is 30.3 Å². The number of hydrogen-bond donors (Lipinski definition) is 1. The number of rotatable bonds is 6. The quantitative estimate of drug-likeness (QED) is 0.657. The molecule has 1 unspecified atom stereocenters. The van der Waals surface area contributed by atoms with Crippen molar-refractivity contribution in [2.45, 2.75) is 26.8 Å². The van der Waals surface area contributed by atoms with Gasteiger partial charge in [0.1, 0.15) is 6.20 Å². The Kier molecular flexibility index (Phi) is 4.92. The van der Waals surface area contributed by atoms with Crippen molar-refractivity contribution < 1.29 is 4.92 Å². The summed E-state index contributed by atoms with van der Waals surface area (Å²) in [5.74, 6) is -0.128. The lowest BCUT2D eigenvalue weighted by molar-refractivity contribution is -0.389. The third kappa shape index (κ3) is 4.39. The van der Waals surface area contributed by atoms with E-state index < -0.39 is 4.92 Å². The molecule has 0 amide bonds. The van der Waals surface area contributed by atoms with E-state index in [1.165, 1.54) is 12.5 Å². The average molecular weight is 302 g/mol. The molecule has 0 saturated carbocycles. The van der Waals surface area contributed by atoms with Crippen LogP contribution in [0.15, 0.2) is 42.9 Å². The highest BCUT2D eigenvalue weighted by molar-refractivity contribution is 5.23. The second-order valence-electron chi connectivity index (χ2n) is 6.55. The Hall–Kier alpha value is -2.21. The fourth-order valence-corrected chi connectivity index (χ4v) is 2.25. The van der Waals surface area contributed by atoms with Gasteiger partial charge >= 0.3 is 5.82 Å². The molecule has 0 saturated heterocycles. The second kappa shape index (κ2) is 6.70. The van der Waals surface area contributed by atoms with Gasteiger partial charge in [0, 0.05) is 13.1 Å². The van der Waals surface area contributed by atoms with Crippen LogP contribution in [0.25, 0.3) is 0 Å². The van der Waals surface area contributed by atoms with Crippen molar-refractivity contribution in [1.29, 1.82) is 0 Å². The summed E-state index contributed by atoms with van der Waals surface area (Å²) >= 11 is 0. The molecule has 0 radical (unpaired) electrons. The molecule has 0 aliphatic carbocycles. The predicted molar refractivity (Wildman–Crippen MR) is 85.8 cm³/mol. The van der Waals surface area contributed by atoms with Crippen LogP contribution in [-0.2, 0) is 0 Å². The van der Waals surface area contributed by atoms with Crippen LogP contribution in [0.2, 0.25) is 0 Å². The van der Waals surface area contributed by atoms with Gasteiger partial charge in [-0.2, -0.15) is 0 Å². The lowest BCUT2D eigenvalue weighted by Crippen LogP contribution is -2.32. The molecule has 2 aromatic rings. The van der Waals surface area contributed by atoms with Crippen molar-refractivity contribution in [3.63, 3.8) is 0 Å². The van der Waals surface area contributed by atoms with Gasteiger partial charge in [-0.3, -0.25) is 0 Å².